The number of carbonyl (C=O) groups is 1. The normalized spacial score (nSPS) is 12.8. The van der Waals surface area contributed by atoms with Gasteiger partial charge in [0.1, 0.15) is 0 Å². The average Bonchev–Trinajstić information content (AvgIpc) is 3.12. The second-order valence-corrected chi connectivity index (χ2v) is 8.23. The number of sulfonamides is 1. The summed E-state index contributed by atoms with van der Waals surface area (Å²) in [6.45, 7) is 0. The Morgan fingerprint density at radius 2 is 1.88 bits per heavy atom. The van der Waals surface area contributed by atoms with Crippen molar-refractivity contribution in [3.63, 3.8) is 0 Å². The number of nitrogens with one attached hydrogen (secondary N) is 1. The van der Waals surface area contributed by atoms with Crippen LogP contribution in [0.3, 0.4) is 0 Å². The molecule has 0 fully saturated rings. The van der Waals surface area contributed by atoms with Crippen molar-refractivity contribution in [3.8, 4) is 0 Å². The quantitative estimate of drug-likeness (QED) is 0.670. The molecule has 136 valence electrons. The Morgan fingerprint density at radius 3 is 2.50 bits per heavy atom. The third-order valence-corrected chi connectivity index (χ3v) is 5.98. The van der Waals surface area contributed by atoms with E-state index in [0.717, 1.165) is 11.1 Å². The molecule has 0 spiro atoms. The highest BCUT2D eigenvalue weighted by atomic mass is 32.2. The fourth-order valence-electron chi connectivity index (χ4n) is 2.71. The van der Waals surface area contributed by atoms with Crippen molar-refractivity contribution in [1.82, 2.24) is 9.71 Å². The molecule has 1 heterocycles. The van der Waals surface area contributed by atoms with E-state index in [2.05, 4.69) is 9.71 Å². The highest BCUT2D eigenvalue weighted by Crippen LogP contribution is 2.30. The van der Waals surface area contributed by atoms with Crippen LogP contribution in [0.25, 0.3) is 10.8 Å². The SMILES string of the molecule is CN(C)c1cccc2c(S(=O)(=O)NC(C(=O)O)c3cscn3)cccc12. The molecular formula is C17H17N3O4S2. The molecule has 0 aliphatic carbocycles. The molecule has 0 saturated heterocycles. The van der Waals surface area contributed by atoms with E-state index in [1.165, 1.54) is 28.3 Å². The zero-order chi connectivity index (χ0) is 18.9. The van der Waals surface area contributed by atoms with Crippen LogP contribution in [0.2, 0.25) is 0 Å². The molecule has 1 unspecified atom stereocenters. The van der Waals surface area contributed by atoms with E-state index in [4.69, 9.17) is 0 Å². The number of fused-ring (bicyclic) bond motifs is 1. The van der Waals surface area contributed by atoms with Gasteiger partial charge in [-0.2, -0.15) is 4.72 Å². The first kappa shape index (κ1) is 18.3. The molecule has 2 N–H and O–H groups in total. The molecule has 7 nitrogen and oxygen atoms in total. The van der Waals surface area contributed by atoms with Crippen LogP contribution in [0, 0.1) is 0 Å². The van der Waals surface area contributed by atoms with Crippen molar-refractivity contribution in [3.05, 3.63) is 53.0 Å². The lowest BCUT2D eigenvalue weighted by Crippen LogP contribution is -2.34. The van der Waals surface area contributed by atoms with Gasteiger partial charge in [-0.3, -0.25) is 4.79 Å². The molecule has 0 aliphatic rings. The van der Waals surface area contributed by atoms with Gasteiger partial charge in [0.15, 0.2) is 6.04 Å². The first-order valence-corrected chi connectivity index (χ1v) is 10.1. The monoisotopic (exact) mass is 391 g/mol. The summed E-state index contributed by atoms with van der Waals surface area (Å²) in [5.41, 5.74) is 2.48. The van der Waals surface area contributed by atoms with E-state index < -0.39 is 22.0 Å². The largest absolute Gasteiger partial charge is 0.480 e. The molecule has 0 bridgehead atoms. The maximum absolute atomic E-state index is 12.9. The lowest BCUT2D eigenvalue weighted by molar-refractivity contribution is -0.139. The van der Waals surface area contributed by atoms with Crippen LogP contribution in [-0.4, -0.2) is 38.6 Å². The second kappa shape index (κ2) is 7.02. The Morgan fingerprint density at radius 1 is 1.19 bits per heavy atom. The van der Waals surface area contributed by atoms with E-state index in [0.29, 0.717) is 5.39 Å². The molecule has 2 aromatic carbocycles. The summed E-state index contributed by atoms with van der Waals surface area (Å²) in [6.07, 6.45) is 0. The van der Waals surface area contributed by atoms with E-state index >= 15 is 0 Å². The van der Waals surface area contributed by atoms with Gasteiger partial charge in [-0.05, 0) is 12.1 Å². The van der Waals surface area contributed by atoms with Crippen LogP contribution in [0.1, 0.15) is 11.7 Å². The number of hydrogen-bond donors (Lipinski definition) is 2. The Kier molecular flexibility index (Phi) is 4.94. The summed E-state index contributed by atoms with van der Waals surface area (Å²) in [4.78, 5) is 17.4. The van der Waals surface area contributed by atoms with Gasteiger partial charge in [-0.25, -0.2) is 13.4 Å². The van der Waals surface area contributed by atoms with Gasteiger partial charge in [0.2, 0.25) is 10.0 Å². The van der Waals surface area contributed by atoms with Gasteiger partial charge < -0.3 is 10.0 Å². The summed E-state index contributed by atoms with van der Waals surface area (Å²) in [5.74, 6) is -1.31. The zero-order valence-corrected chi connectivity index (χ0v) is 15.7. The molecule has 3 aromatic rings. The van der Waals surface area contributed by atoms with Gasteiger partial charge in [0, 0.05) is 35.9 Å². The number of carboxylic acids is 1. The maximum atomic E-state index is 12.9. The highest BCUT2D eigenvalue weighted by molar-refractivity contribution is 7.89. The van der Waals surface area contributed by atoms with Gasteiger partial charge >= 0.3 is 5.97 Å². The second-order valence-electron chi connectivity index (χ2n) is 5.83. The third kappa shape index (κ3) is 3.41. The molecule has 0 amide bonds. The minimum Gasteiger partial charge on any atom is -0.480 e. The minimum absolute atomic E-state index is 0.0279. The number of thiazole rings is 1. The predicted molar refractivity (Wildman–Crippen MR) is 101 cm³/mol. The van der Waals surface area contributed by atoms with Crippen LogP contribution in [-0.2, 0) is 14.8 Å². The number of nitrogens with zero attached hydrogens (tertiary/aromatic N) is 2. The first-order chi connectivity index (χ1) is 12.3. The van der Waals surface area contributed by atoms with Crippen LogP contribution in [0.4, 0.5) is 5.69 Å². The van der Waals surface area contributed by atoms with E-state index in [9.17, 15) is 18.3 Å². The Labute approximate surface area is 155 Å². The molecule has 0 aliphatic heterocycles. The number of anilines is 1. The van der Waals surface area contributed by atoms with Crippen molar-refractivity contribution in [2.45, 2.75) is 10.9 Å². The van der Waals surface area contributed by atoms with Crippen LogP contribution < -0.4 is 9.62 Å². The molecule has 1 atom stereocenters. The van der Waals surface area contributed by atoms with Gasteiger partial charge in [0.05, 0.1) is 16.1 Å². The highest BCUT2D eigenvalue weighted by Gasteiger charge is 2.29. The number of rotatable bonds is 6. The fourth-order valence-corrected chi connectivity index (χ4v) is 4.67. The number of aliphatic carboxylic acids is 1. The van der Waals surface area contributed by atoms with Gasteiger partial charge in [-0.1, -0.05) is 24.3 Å². The molecule has 0 radical (unpaired) electrons. The van der Waals surface area contributed by atoms with Crippen molar-refractivity contribution >= 4 is 43.8 Å². The molecular weight excluding hydrogens is 374 g/mol. The lowest BCUT2D eigenvalue weighted by Gasteiger charge is -2.18. The van der Waals surface area contributed by atoms with Gasteiger partial charge in [0.25, 0.3) is 0 Å². The van der Waals surface area contributed by atoms with E-state index in [-0.39, 0.29) is 10.6 Å². The Hall–Kier alpha value is -2.49. The average molecular weight is 391 g/mol. The van der Waals surface area contributed by atoms with Crippen LogP contribution >= 0.6 is 11.3 Å². The van der Waals surface area contributed by atoms with Crippen molar-refractivity contribution in [2.24, 2.45) is 0 Å². The molecule has 3 rings (SSSR count). The van der Waals surface area contributed by atoms with E-state index in [1.54, 1.807) is 18.2 Å². The molecule has 0 saturated carbocycles. The maximum Gasteiger partial charge on any atom is 0.328 e. The summed E-state index contributed by atoms with van der Waals surface area (Å²) in [5, 5.41) is 12.2. The topological polar surface area (TPSA) is 99.6 Å². The van der Waals surface area contributed by atoms with Crippen molar-refractivity contribution in [1.29, 1.82) is 0 Å². The fraction of sp³-hybridized carbons (Fsp3) is 0.176. The predicted octanol–water partition coefficient (Wildman–Crippen LogP) is 2.47. The smallest absolute Gasteiger partial charge is 0.328 e. The summed E-state index contributed by atoms with van der Waals surface area (Å²) in [7, 11) is -0.340. The minimum atomic E-state index is -4.08. The zero-order valence-electron chi connectivity index (χ0n) is 14.1. The lowest BCUT2D eigenvalue weighted by atomic mass is 10.1. The van der Waals surface area contributed by atoms with Crippen molar-refractivity contribution in [2.75, 3.05) is 19.0 Å². The number of carboxylic acid groups (broad SMARTS) is 1. The van der Waals surface area contributed by atoms with E-state index in [1.807, 2.05) is 31.1 Å². The first-order valence-electron chi connectivity index (χ1n) is 7.63. The van der Waals surface area contributed by atoms with Crippen LogP contribution in [0.15, 0.2) is 52.2 Å². The summed E-state index contributed by atoms with van der Waals surface area (Å²) >= 11 is 1.20. The summed E-state index contributed by atoms with van der Waals surface area (Å²) in [6, 6.07) is 8.85. The van der Waals surface area contributed by atoms with Crippen molar-refractivity contribution < 1.29 is 18.3 Å². The third-order valence-electron chi connectivity index (χ3n) is 3.90. The number of aromatic nitrogens is 1. The standard InChI is InChI=1S/C17H17N3O4S2/c1-20(2)14-7-3-6-12-11(14)5-4-8-15(12)26(23,24)19-16(17(21)22)13-9-25-10-18-13/h3-10,16,19H,1-2H3,(H,21,22). The number of hydrogen-bond acceptors (Lipinski definition) is 6. The summed E-state index contributed by atoms with van der Waals surface area (Å²) < 4.78 is 28.1. The molecule has 1 aromatic heterocycles. The van der Waals surface area contributed by atoms with Gasteiger partial charge in [-0.15, -0.1) is 11.3 Å². The molecule has 9 heteroatoms. The Bertz CT molecular complexity index is 1050. The molecule has 26 heavy (non-hydrogen) atoms. The number of benzene rings is 2. The Balaban J connectivity index is 2.10. The van der Waals surface area contributed by atoms with Crippen LogP contribution in [0.5, 0.6) is 0 Å².